The summed E-state index contributed by atoms with van der Waals surface area (Å²) in [6, 6.07) is 74.9. The number of hydrogen-bond donors (Lipinski definition) is 0. The number of nitrogens with zero attached hydrogens (tertiary/aromatic N) is 7. The average Bonchev–Trinajstić information content (AvgIpc) is 4.14. The van der Waals surface area contributed by atoms with Crippen molar-refractivity contribution in [3.63, 3.8) is 0 Å². The summed E-state index contributed by atoms with van der Waals surface area (Å²) in [6.07, 6.45) is 2.05. The number of anilines is 3. The Kier molecular flexibility index (Phi) is 10.1. The minimum Gasteiger partial charge on any atom is -0.510 e. The molecule has 0 bridgehead atoms. The van der Waals surface area contributed by atoms with Crippen molar-refractivity contribution in [2.24, 2.45) is 0 Å². The zero-order chi connectivity index (χ0) is 47.3. The first-order valence-corrected chi connectivity index (χ1v) is 23.6. The van der Waals surface area contributed by atoms with Crippen molar-refractivity contribution in [3.05, 3.63) is 236 Å². The van der Waals surface area contributed by atoms with Gasteiger partial charge in [-0.15, -0.1) is 41.4 Å². The van der Waals surface area contributed by atoms with Crippen LogP contribution >= 0.6 is 0 Å². The van der Waals surface area contributed by atoms with Crippen molar-refractivity contribution in [2.75, 3.05) is 16.8 Å². The number of ether oxygens (including phenoxy) is 1. The molecule has 0 amide bonds. The van der Waals surface area contributed by atoms with E-state index in [4.69, 9.17) is 16.3 Å². The second-order valence-corrected chi connectivity index (χ2v) is 18.1. The second-order valence-electron chi connectivity index (χ2n) is 18.1. The van der Waals surface area contributed by atoms with Gasteiger partial charge in [0.25, 0.3) is 0 Å². The van der Waals surface area contributed by atoms with E-state index in [1.54, 1.807) is 6.07 Å². The largest absolute Gasteiger partial charge is 0.510 e. The molecule has 72 heavy (non-hydrogen) atoms. The van der Waals surface area contributed by atoms with Crippen LogP contribution in [0.1, 0.15) is 5.56 Å². The van der Waals surface area contributed by atoms with Gasteiger partial charge in [0.05, 0.1) is 45.7 Å². The van der Waals surface area contributed by atoms with Gasteiger partial charge in [-0.3, -0.25) is 4.85 Å². The van der Waals surface area contributed by atoms with Gasteiger partial charge in [0, 0.05) is 88.3 Å². The third kappa shape index (κ3) is 6.58. The average molecular weight is 1110 g/mol. The van der Waals surface area contributed by atoms with Gasteiger partial charge < -0.3 is 28.2 Å². The predicted octanol–water partition coefficient (Wildman–Crippen LogP) is 16.0. The van der Waals surface area contributed by atoms with Crippen molar-refractivity contribution in [1.29, 1.82) is 0 Å². The van der Waals surface area contributed by atoms with E-state index in [2.05, 4.69) is 206 Å². The Balaban J connectivity index is 0.00000504. The normalized spacial score (nSPS) is 12.3. The summed E-state index contributed by atoms with van der Waals surface area (Å²) >= 11 is 0. The third-order valence-corrected chi connectivity index (χ3v) is 14.0. The minimum absolute atomic E-state index is 0. The summed E-state index contributed by atoms with van der Waals surface area (Å²) in [7, 11) is 2.01. The van der Waals surface area contributed by atoms with Gasteiger partial charge in [0.15, 0.2) is 0 Å². The van der Waals surface area contributed by atoms with Crippen molar-refractivity contribution in [3.8, 4) is 39.8 Å². The van der Waals surface area contributed by atoms with Crippen LogP contribution in [0, 0.1) is 32.3 Å². The first-order chi connectivity index (χ1) is 35.0. The minimum atomic E-state index is 0. The second kappa shape index (κ2) is 16.9. The first kappa shape index (κ1) is 43.2. The zero-order valence-electron chi connectivity index (χ0n) is 39.0. The van der Waals surface area contributed by atoms with Crippen molar-refractivity contribution >= 4 is 88.2 Å². The van der Waals surface area contributed by atoms with Crippen LogP contribution in [0.4, 0.5) is 22.7 Å². The Morgan fingerprint density at radius 1 is 0.514 bits per heavy atom. The number of aryl methyl sites for hydroxylation is 1. The quantitative estimate of drug-likeness (QED) is 0.149. The molecule has 346 valence electrons. The van der Waals surface area contributed by atoms with Crippen LogP contribution in [0.15, 0.2) is 200 Å². The SMILES string of the molecule is [C-]#[N+]c1cc(Oc2[c-]c3c(cc2)c2ccccc2n3-c2cc(C)c(-c3c(-n4c5ccccc5c5ccccc54)cccc3-n3c4ccccc4c4ccccc43)cn2)[c-]c(N2[CH-]N(C)c3ccccc32)c1.[Pt]. The number of fused-ring (bicyclic) bond motifs is 10. The Labute approximate surface area is 429 Å². The molecule has 5 heterocycles. The smallest absolute Gasteiger partial charge is 0.135 e. The zero-order valence-corrected chi connectivity index (χ0v) is 41.3. The van der Waals surface area contributed by atoms with E-state index in [0.717, 1.165) is 89.1 Å². The monoisotopic (exact) mass is 1110 g/mol. The number of benzene rings is 9. The first-order valence-electron chi connectivity index (χ1n) is 23.6. The summed E-state index contributed by atoms with van der Waals surface area (Å²) in [4.78, 5) is 13.3. The topological polar surface area (TPSA) is 47.8 Å². The van der Waals surface area contributed by atoms with Gasteiger partial charge in [-0.25, -0.2) is 4.98 Å². The van der Waals surface area contributed by atoms with Gasteiger partial charge >= 0.3 is 0 Å². The fraction of sp³-hybridized carbons (Fsp3) is 0.0317. The van der Waals surface area contributed by atoms with Crippen LogP contribution in [0.2, 0.25) is 0 Å². The number of para-hydroxylation sites is 7. The molecule has 8 nitrogen and oxygen atoms in total. The van der Waals surface area contributed by atoms with Crippen LogP contribution in [0.5, 0.6) is 11.5 Å². The molecule has 1 aliphatic heterocycles. The molecular formula is C63H40N7OPt-3. The predicted molar refractivity (Wildman–Crippen MR) is 289 cm³/mol. The van der Waals surface area contributed by atoms with Crippen LogP contribution < -0.4 is 14.5 Å². The summed E-state index contributed by atoms with van der Waals surface area (Å²) in [5.74, 6) is 1.68. The molecule has 13 aromatic rings. The molecule has 4 aromatic heterocycles. The Bertz CT molecular complexity index is 4150. The fourth-order valence-corrected chi connectivity index (χ4v) is 11.0. The van der Waals surface area contributed by atoms with Gasteiger partial charge in [-0.05, 0) is 85.6 Å². The summed E-state index contributed by atoms with van der Waals surface area (Å²) in [6.45, 7) is 12.2. The molecule has 0 atom stereocenters. The van der Waals surface area contributed by atoms with E-state index in [1.807, 2.05) is 49.1 Å². The summed E-state index contributed by atoms with van der Waals surface area (Å²) < 4.78 is 13.6. The van der Waals surface area contributed by atoms with E-state index < -0.39 is 0 Å². The van der Waals surface area contributed by atoms with Gasteiger partial charge in [0.2, 0.25) is 0 Å². The molecule has 14 rings (SSSR count). The molecule has 0 spiro atoms. The maximum absolute atomic E-state index is 7.97. The maximum atomic E-state index is 7.97. The molecule has 0 saturated heterocycles. The van der Waals surface area contributed by atoms with E-state index in [-0.39, 0.29) is 21.1 Å². The molecule has 1 aliphatic rings. The maximum Gasteiger partial charge on any atom is 0.135 e. The molecule has 0 N–H and O–H groups in total. The van der Waals surface area contributed by atoms with Crippen LogP contribution in [-0.2, 0) is 21.1 Å². The fourth-order valence-electron chi connectivity index (χ4n) is 11.0. The summed E-state index contributed by atoms with van der Waals surface area (Å²) in [5, 5.41) is 6.91. The standard InChI is InChI=1S/C63H40N7O.Pt/c1-40-33-62(70-56-26-13-8-21-49(56)50-32-31-43(37-61(50)70)71-44-35-41(64-2)34-42(36-44)67-39-66(3)57-27-14-15-28-58(57)67)65-38-51(40)63-59(68-52-22-9-4-17-45(52)46-18-5-10-23-53(46)68)29-16-30-60(63)69-54-24-11-6-19-47(54)48-20-7-12-25-55(48)69;/h4-35,38-39H,1,3H3;/q-3;. The molecular weight excluding hydrogens is 1070 g/mol. The van der Waals surface area contributed by atoms with E-state index >= 15 is 0 Å². The molecule has 0 unspecified atom stereocenters. The van der Waals surface area contributed by atoms with Crippen LogP contribution in [0.25, 0.3) is 98.6 Å². The number of aromatic nitrogens is 4. The third-order valence-electron chi connectivity index (χ3n) is 14.0. The van der Waals surface area contributed by atoms with Crippen LogP contribution in [0.3, 0.4) is 0 Å². The van der Waals surface area contributed by atoms with Crippen molar-refractivity contribution in [1.82, 2.24) is 18.7 Å². The Morgan fingerprint density at radius 2 is 1.01 bits per heavy atom. The summed E-state index contributed by atoms with van der Waals surface area (Å²) in [5.41, 5.74) is 14.9. The van der Waals surface area contributed by atoms with Crippen molar-refractivity contribution < 1.29 is 25.8 Å². The molecule has 0 aliphatic carbocycles. The Morgan fingerprint density at radius 3 is 1.57 bits per heavy atom. The molecule has 9 heteroatoms. The molecule has 0 fully saturated rings. The molecule has 0 radical (unpaired) electrons. The van der Waals surface area contributed by atoms with Gasteiger partial charge in [0.1, 0.15) is 5.82 Å². The van der Waals surface area contributed by atoms with E-state index in [1.165, 1.54) is 21.5 Å². The van der Waals surface area contributed by atoms with E-state index in [9.17, 15) is 0 Å². The van der Waals surface area contributed by atoms with Crippen LogP contribution in [-0.4, -0.2) is 25.7 Å². The number of hydrogen-bond acceptors (Lipinski definition) is 4. The molecule has 9 aromatic carbocycles. The van der Waals surface area contributed by atoms with Gasteiger partial charge in [-0.1, -0.05) is 115 Å². The Hall–Kier alpha value is -8.89. The van der Waals surface area contributed by atoms with Gasteiger partial charge in [-0.2, -0.15) is 12.7 Å². The number of pyridine rings is 1. The molecule has 0 saturated carbocycles. The van der Waals surface area contributed by atoms with E-state index in [0.29, 0.717) is 22.9 Å². The van der Waals surface area contributed by atoms with Crippen molar-refractivity contribution in [2.45, 2.75) is 6.92 Å². The number of rotatable bonds is 7.